The van der Waals surface area contributed by atoms with Crippen LogP contribution in [0.1, 0.15) is 33.6 Å². The normalized spacial score (nSPS) is 30.2. The highest BCUT2D eigenvalue weighted by molar-refractivity contribution is 5.43. The number of nitrogens with two attached hydrogens (primary N) is 1. The van der Waals surface area contributed by atoms with E-state index in [1.807, 2.05) is 0 Å². The smallest absolute Gasteiger partial charge is 0.0309 e. The maximum absolute atomic E-state index is 6.11. The Morgan fingerprint density at radius 3 is 2.50 bits per heavy atom. The van der Waals surface area contributed by atoms with Gasteiger partial charge in [-0.05, 0) is 38.2 Å². The van der Waals surface area contributed by atoms with Gasteiger partial charge in [-0.15, -0.1) is 0 Å². The van der Waals surface area contributed by atoms with Gasteiger partial charge in [-0.25, -0.2) is 0 Å². The Hall–Kier alpha value is -1.24. The minimum absolute atomic E-state index is 0.486. The lowest BCUT2D eigenvalue weighted by molar-refractivity contribution is 0.542. The Bertz CT molecular complexity index is 407. The Morgan fingerprint density at radius 1 is 1.19 bits per heavy atom. The molecule has 0 aliphatic heterocycles. The first-order valence-electron chi connectivity index (χ1n) is 6.12. The van der Waals surface area contributed by atoms with Gasteiger partial charge in [0, 0.05) is 11.6 Å². The van der Waals surface area contributed by atoms with Gasteiger partial charge in [0.15, 0.2) is 0 Å². The Labute approximate surface area is 98.4 Å². The van der Waals surface area contributed by atoms with Crippen LogP contribution in [0.15, 0.2) is 46.7 Å². The average molecular weight is 215 g/mol. The van der Waals surface area contributed by atoms with Crippen LogP contribution < -0.4 is 5.73 Å². The molecule has 1 heteroatoms. The van der Waals surface area contributed by atoms with Crippen molar-refractivity contribution in [3.8, 4) is 0 Å². The molecular formula is C15H21N. The third kappa shape index (κ3) is 1.99. The molecule has 0 amide bonds. The molecule has 0 fully saturated rings. The van der Waals surface area contributed by atoms with Crippen LogP contribution in [-0.2, 0) is 0 Å². The first-order valence-corrected chi connectivity index (χ1v) is 6.12. The van der Waals surface area contributed by atoms with Crippen molar-refractivity contribution in [3.05, 3.63) is 46.7 Å². The van der Waals surface area contributed by atoms with E-state index in [0.717, 1.165) is 18.5 Å². The predicted octanol–water partition coefficient (Wildman–Crippen LogP) is 3.71. The Kier molecular flexibility index (Phi) is 3.04. The molecule has 0 radical (unpaired) electrons. The van der Waals surface area contributed by atoms with Gasteiger partial charge >= 0.3 is 0 Å². The second-order valence-electron chi connectivity index (χ2n) is 5.03. The van der Waals surface area contributed by atoms with Gasteiger partial charge in [-0.2, -0.15) is 0 Å². The number of allylic oxidation sites excluding steroid dienone is 7. The second-order valence-corrected chi connectivity index (χ2v) is 5.03. The van der Waals surface area contributed by atoms with E-state index < -0.39 is 0 Å². The highest BCUT2D eigenvalue weighted by Gasteiger charge is 2.26. The molecule has 2 N–H and O–H groups in total. The minimum Gasteiger partial charge on any atom is -0.399 e. The third-order valence-corrected chi connectivity index (χ3v) is 3.56. The van der Waals surface area contributed by atoms with Crippen LogP contribution in [0.5, 0.6) is 0 Å². The molecule has 2 unspecified atom stereocenters. The summed E-state index contributed by atoms with van der Waals surface area (Å²) in [6, 6.07) is 0. The molecule has 16 heavy (non-hydrogen) atoms. The standard InChI is InChI=1S/C15H21N/c1-10-8-11(2)15(12(3)9-10)13-6-4-5-7-14(13)16/h6-9,11,15H,4-5,16H2,1-3H3. The number of hydrogen-bond donors (Lipinski definition) is 1. The summed E-state index contributed by atoms with van der Waals surface area (Å²) in [6.07, 6.45) is 11.3. The van der Waals surface area contributed by atoms with Crippen LogP contribution in [0.25, 0.3) is 0 Å². The molecule has 86 valence electrons. The van der Waals surface area contributed by atoms with E-state index in [4.69, 9.17) is 5.73 Å². The van der Waals surface area contributed by atoms with Crippen LogP contribution in [0, 0.1) is 11.8 Å². The van der Waals surface area contributed by atoms with Crippen molar-refractivity contribution in [1.29, 1.82) is 0 Å². The first kappa shape index (κ1) is 11.3. The molecule has 0 heterocycles. The second kappa shape index (κ2) is 4.32. The van der Waals surface area contributed by atoms with E-state index in [1.165, 1.54) is 16.7 Å². The van der Waals surface area contributed by atoms with Crippen LogP contribution in [0.2, 0.25) is 0 Å². The monoisotopic (exact) mass is 215 g/mol. The van der Waals surface area contributed by atoms with Crippen molar-refractivity contribution in [2.45, 2.75) is 33.6 Å². The highest BCUT2D eigenvalue weighted by Crippen LogP contribution is 2.37. The average Bonchev–Trinajstić information content (AvgIpc) is 2.19. The largest absolute Gasteiger partial charge is 0.399 e. The van der Waals surface area contributed by atoms with Gasteiger partial charge in [0.25, 0.3) is 0 Å². The van der Waals surface area contributed by atoms with E-state index in [2.05, 4.69) is 45.1 Å². The summed E-state index contributed by atoms with van der Waals surface area (Å²) in [5.41, 5.74) is 11.3. The summed E-state index contributed by atoms with van der Waals surface area (Å²) in [5.74, 6) is 1.04. The fourth-order valence-corrected chi connectivity index (χ4v) is 2.97. The zero-order valence-corrected chi connectivity index (χ0v) is 10.5. The van der Waals surface area contributed by atoms with E-state index in [-0.39, 0.29) is 0 Å². The molecule has 2 rings (SSSR count). The molecule has 0 aromatic carbocycles. The van der Waals surface area contributed by atoms with E-state index in [1.54, 1.807) is 0 Å². The lowest BCUT2D eigenvalue weighted by Crippen LogP contribution is -2.22. The van der Waals surface area contributed by atoms with E-state index in [0.29, 0.717) is 11.8 Å². The van der Waals surface area contributed by atoms with Crippen molar-refractivity contribution in [3.63, 3.8) is 0 Å². The summed E-state index contributed by atoms with van der Waals surface area (Å²) in [5, 5.41) is 0. The SMILES string of the molecule is CC1=CC(C)C(C2=CCCC=C2N)C(C)=C1. The molecule has 0 saturated heterocycles. The fourth-order valence-electron chi connectivity index (χ4n) is 2.97. The Morgan fingerprint density at radius 2 is 1.88 bits per heavy atom. The number of hydrogen-bond acceptors (Lipinski definition) is 1. The first-order chi connectivity index (χ1) is 7.59. The van der Waals surface area contributed by atoms with Crippen molar-refractivity contribution < 1.29 is 0 Å². The molecule has 0 bridgehead atoms. The predicted molar refractivity (Wildman–Crippen MR) is 69.8 cm³/mol. The van der Waals surface area contributed by atoms with Crippen LogP contribution in [-0.4, -0.2) is 0 Å². The quantitative estimate of drug-likeness (QED) is 0.709. The Balaban J connectivity index is 2.32. The lowest BCUT2D eigenvalue weighted by atomic mass is 9.75. The molecule has 0 aromatic rings. The van der Waals surface area contributed by atoms with Crippen LogP contribution >= 0.6 is 0 Å². The summed E-state index contributed by atoms with van der Waals surface area (Å²) >= 11 is 0. The molecule has 0 saturated carbocycles. The summed E-state index contributed by atoms with van der Waals surface area (Å²) in [7, 11) is 0. The molecule has 0 spiro atoms. The molecule has 2 aliphatic carbocycles. The van der Waals surface area contributed by atoms with Gasteiger partial charge in [0.2, 0.25) is 0 Å². The molecular weight excluding hydrogens is 194 g/mol. The molecule has 2 aliphatic rings. The highest BCUT2D eigenvalue weighted by atomic mass is 14.6. The minimum atomic E-state index is 0.486. The third-order valence-electron chi connectivity index (χ3n) is 3.56. The van der Waals surface area contributed by atoms with Gasteiger partial charge in [0.05, 0.1) is 0 Å². The van der Waals surface area contributed by atoms with Crippen molar-refractivity contribution >= 4 is 0 Å². The zero-order valence-electron chi connectivity index (χ0n) is 10.5. The van der Waals surface area contributed by atoms with Crippen molar-refractivity contribution in [2.75, 3.05) is 0 Å². The fraction of sp³-hybridized carbons (Fsp3) is 0.467. The lowest BCUT2D eigenvalue weighted by Gasteiger charge is -2.31. The van der Waals surface area contributed by atoms with Crippen molar-refractivity contribution in [1.82, 2.24) is 0 Å². The van der Waals surface area contributed by atoms with Gasteiger partial charge < -0.3 is 5.73 Å². The van der Waals surface area contributed by atoms with Crippen LogP contribution in [0.4, 0.5) is 0 Å². The van der Waals surface area contributed by atoms with Gasteiger partial charge in [-0.1, -0.05) is 42.4 Å². The summed E-state index contributed by atoms with van der Waals surface area (Å²) < 4.78 is 0. The zero-order chi connectivity index (χ0) is 11.7. The summed E-state index contributed by atoms with van der Waals surface area (Å²) in [4.78, 5) is 0. The maximum Gasteiger partial charge on any atom is 0.0309 e. The molecule has 1 nitrogen and oxygen atoms in total. The van der Waals surface area contributed by atoms with E-state index in [9.17, 15) is 0 Å². The molecule has 0 aromatic heterocycles. The van der Waals surface area contributed by atoms with Gasteiger partial charge in [0.1, 0.15) is 0 Å². The van der Waals surface area contributed by atoms with Gasteiger partial charge in [-0.3, -0.25) is 0 Å². The number of rotatable bonds is 1. The van der Waals surface area contributed by atoms with Crippen molar-refractivity contribution in [2.24, 2.45) is 17.6 Å². The van der Waals surface area contributed by atoms with Crippen LogP contribution in [0.3, 0.4) is 0 Å². The molecule has 2 atom stereocenters. The summed E-state index contributed by atoms with van der Waals surface area (Å²) in [6.45, 7) is 6.68. The maximum atomic E-state index is 6.11. The van der Waals surface area contributed by atoms with E-state index >= 15 is 0 Å². The topological polar surface area (TPSA) is 26.0 Å².